The van der Waals surface area contributed by atoms with Gasteiger partial charge in [-0.3, -0.25) is 4.79 Å². The molecular formula is C15H24N2O2. The molecule has 1 unspecified atom stereocenters. The molecule has 0 aliphatic carbocycles. The zero-order chi connectivity index (χ0) is 14.3. The van der Waals surface area contributed by atoms with Gasteiger partial charge in [-0.1, -0.05) is 19.1 Å². The molecular weight excluding hydrogens is 240 g/mol. The third-order valence-electron chi connectivity index (χ3n) is 3.33. The molecule has 0 spiro atoms. The Morgan fingerprint density at radius 2 is 2.21 bits per heavy atom. The average molecular weight is 264 g/mol. The van der Waals surface area contributed by atoms with Crippen molar-refractivity contribution in [1.29, 1.82) is 0 Å². The van der Waals surface area contributed by atoms with Gasteiger partial charge in [0.1, 0.15) is 0 Å². The second-order valence-corrected chi connectivity index (χ2v) is 4.65. The van der Waals surface area contributed by atoms with Crippen molar-refractivity contribution in [3.63, 3.8) is 0 Å². The lowest BCUT2D eigenvalue weighted by molar-refractivity contribution is 0.0614. The lowest BCUT2D eigenvalue weighted by atomic mass is 10.1. The lowest BCUT2D eigenvalue weighted by Gasteiger charge is -2.28. The van der Waals surface area contributed by atoms with E-state index in [0.29, 0.717) is 25.3 Å². The summed E-state index contributed by atoms with van der Waals surface area (Å²) in [6.07, 6.45) is 0.923. The van der Waals surface area contributed by atoms with Crippen LogP contribution >= 0.6 is 0 Å². The van der Waals surface area contributed by atoms with E-state index in [0.717, 1.165) is 12.0 Å². The van der Waals surface area contributed by atoms with Crippen molar-refractivity contribution in [2.24, 2.45) is 5.73 Å². The zero-order valence-corrected chi connectivity index (χ0v) is 12.1. The van der Waals surface area contributed by atoms with E-state index in [-0.39, 0.29) is 11.9 Å². The molecule has 1 atom stereocenters. The number of benzene rings is 1. The first-order valence-electron chi connectivity index (χ1n) is 6.72. The first kappa shape index (κ1) is 15.7. The van der Waals surface area contributed by atoms with Crippen molar-refractivity contribution in [2.45, 2.75) is 32.9 Å². The fourth-order valence-electron chi connectivity index (χ4n) is 1.93. The quantitative estimate of drug-likeness (QED) is 0.820. The van der Waals surface area contributed by atoms with Crippen LogP contribution in [0.5, 0.6) is 0 Å². The van der Waals surface area contributed by atoms with E-state index in [1.165, 1.54) is 0 Å². The topological polar surface area (TPSA) is 55.6 Å². The predicted octanol–water partition coefficient (Wildman–Crippen LogP) is 2.03. The lowest BCUT2D eigenvalue weighted by Crippen LogP contribution is -2.40. The maximum absolute atomic E-state index is 12.5. The van der Waals surface area contributed by atoms with Crippen LogP contribution in [0.1, 0.15) is 36.2 Å². The number of rotatable bonds is 7. The Kier molecular flexibility index (Phi) is 6.53. The highest BCUT2D eigenvalue weighted by Gasteiger charge is 2.20. The molecule has 1 aromatic carbocycles. The van der Waals surface area contributed by atoms with E-state index in [2.05, 4.69) is 13.8 Å². The van der Waals surface area contributed by atoms with Crippen LogP contribution in [0.2, 0.25) is 0 Å². The fourth-order valence-corrected chi connectivity index (χ4v) is 1.93. The summed E-state index contributed by atoms with van der Waals surface area (Å²) in [7, 11) is 1.65. The number of ether oxygens (including phenoxy) is 1. The maximum atomic E-state index is 12.5. The van der Waals surface area contributed by atoms with Crippen molar-refractivity contribution < 1.29 is 9.53 Å². The summed E-state index contributed by atoms with van der Waals surface area (Å²) in [4.78, 5) is 14.4. The number of amides is 1. The standard InChI is InChI=1S/C15H24N2O2/c1-4-12(2)17(8-9-19-3)15(18)14-7-5-6-13(10-14)11-16/h5-7,10,12H,4,8-9,11,16H2,1-3H3. The molecule has 0 saturated carbocycles. The minimum Gasteiger partial charge on any atom is -0.383 e. The molecule has 0 aromatic heterocycles. The Balaban J connectivity index is 2.90. The smallest absolute Gasteiger partial charge is 0.254 e. The second kappa shape index (κ2) is 7.92. The number of hydrogen-bond donors (Lipinski definition) is 1. The van der Waals surface area contributed by atoms with Gasteiger partial charge in [0.05, 0.1) is 6.61 Å². The third kappa shape index (κ3) is 4.33. The largest absolute Gasteiger partial charge is 0.383 e. The molecule has 19 heavy (non-hydrogen) atoms. The molecule has 0 fully saturated rings. The van der Waals surface area contributed by atoms with Crippen LogP contribution in [0.4, 0.5) is 0 Å². The first-order chi connectivity index (χ1) is 9.13. The molecule has 1 rings (SSSR count). The van der Waals surface area contributed by atoms with Gasteiger partial charge in [-0.05, 0) is 31.0 Å². The molecule has 2 N–H and O–H groups in total. The van der Waals surface area contributed by atoms with Crippen molar-refractivity contribution in [3.8, 4) is 0 Å². The number of nitrogens with two attached hydrogens (primary N) is 1. The maximum Gasteiger partial charge on any atom is 0.254 e. The zero-order valence-electron chi connectivity index (χ0n) is 12.1. The minimum atomic E-state index is 0.0432. The van der Waals surface area contributed by atoms with Gasteiger partial charge in [-0.25, -0.2) is 0 Å². The van der Waals surface area contributed by atoms with E-state index in [4.69, 9.17) is 10.5 Å². The van der Waals surface area contributed by atoms with Gasteiger partial charge in [0.15, 0.2) is 0 Å². The average Bonchev–Trinajstić information content (AvgIpc) is 2.47. The van der Waals surface area contributed by atoms with Gasteiger partial charge in [0.25, 0.3) is 5.91 Å². The summed E-state index contributed by atoms with van der Waals surface area (Å²) in [5, 5.41) is 0. The summed E-state index contributed by atoms with van der Waals surface area (Å²) >= 11 is 0. The van der Waals surface area contributed by atoms with Crippen LogP contribution in [0.25, 0.3) is 0 Å². The third-order valence-corrected chi connectivity index (χ3v) is 3.33. The van der Waals surface area contributed by atoms with E-state index >= 15 is 0 Å². The Labute approximate surface area is 115 Å². The molecule has 4 heteroatoms. The number of nitrogens with zero attached hydrogens (tertiary/aromatic N) is 1. The molecule has 0 aliphatic rings. The second-order valence-electron chi connectivity index (χ2n) is 4.65. The number of carbonyl (C=O) groups is 1. The molecule has 0 radical (unpaired) electrons. The van der Waals surface area contributed by atoms with Gasteiger partial charge in [-0.15, -0.1) is 0 Å². The summed E-state index contributed by atoms with van der Waals surface area (Å²) in [5.74, 6) is 0.0432. The van der Waals surface area contributed by atoms with Crippen molar-refractivity contribution >= 4 is 5.91 Å². The van der Waals surface area contributed by atoms with Gasteiger partial charge in [0.2, 0.25) is 0 Å². The van der Waals surface area contributed by atoms with Crippen LogP contribution in [0.3, 0.4) is 0 Å². The van der Waals surface area contributed by atoms with Crippen molar-refractivity contribution in [3.05, 3.63) is 35.4 Å². The molecule has 0 saturated heterocycles. The summed E-state index contributed by atoms with van der Waals surface area (Å²) < 4.78 is 5.08. The molecule has 1 aromatic rings. The Morgan fingerprint density at radius 3 is 2.79 bits per heavy atom. The van der Waals surface area contributed by atoms with Gasteiger partial charge < -0.3 is 15.4 Å². The number of hydrogen-bond acceptors (Lipinski definition) is 3. The normalized spacial score (nSPS) is 12.2. The Bertz CT molecular complexity index is 407. The summed E-state index contributed by atoms with van der Waals surface area (Å²) in [6, 6.07) is 7.71. The Hall–Kier alpha value is -1.39. The number of methoxy groups -OCH3 is 1. The molecule has 0 bridgehead atoms. The fraction of sp³-hybridized carbons (Fsp3) is 0.533. The summed E-state index contributed by atoms with van der Waals surface area (Å²) in [5.41, 5.74) is 7.28. The van der Waals surface area contributed by atoms with Crippen LogP contribution in [0, 0.1) is 0 Å². The van der Waals surface area contributed by atoms with Crippen LogP contribution in [-0.4, -0.2) is 37.1 Å². The highest BCUT2D eigenvalue weighted by molar-refractivity contribution is 5.94. The van der Waals surface area contributed by atoms with Crippen LogP contribution in [-0.2, 0) is 11.3 Å². The van der Waals surface area contributed by atoms with E-state index < -0.39 is 0 Å². The highest BCUT2D eigenvalue weighted by atomic mass is 16.5. The molecule has 1 amide bonds. The molecule has 0 aliphatic heterocycles. The van der Waals surface area contributed by atoms with Gasteiger partial charge >= 0.3 is 0 Å². The highest BCUT2D eigenvalue weighted by Crippen LogP contribution is 2.12. The predicted molar refractivity (Wildman–Crippen MR) is 77.0 cm³/mol. The van der Waals surface area contributed by atoms with Crippen LogP contribution in [0.15, 0.2) is 24.3 Å². The van der Waals surface area contributed by atoms with Crippen LogP contribution < -0.4 is 5.73 Å². The molecule has 106 valence electrons. The number of carbonyl (C=O) groups excluding carboxylic acids is 1. The van der Waals surface area contributed by atoms with Gasteiger partial charge in [-0.2, -0.15) is 0 Å². The van der Waals surface area contributed by atoms with E-state index in [1.54, 1.807) is 7.11 Å². The SMILES string of the molecule is CCC(C)N(CCOC)C(=O)c1cccc(CN)c1. The molecule has 4 nitrogen and oxygen atoms in total. The van der Waals surface area contributed by atoms with Crippen molar-refractivity contribution in [1.82, 2.24) is 4.90 Å². The Morgan fingerprint density at radius 1 is 1.47 bits per heavy atom. The van der Waals surface area contributed by atoms with Gasteiger partial charge in [0, 0.05) is 31.8 Å². The summed E-state index contributed by atoms with van der Waals surface area (Å²) in [6.45, 7) is 5.74. The molecule has 0 heterocycles. The van der Waals surface area contributed by atoms with E-state index in [1.807, 2.05) is 29.2 Å². The van der Waals surface area contributed by atoms with Crippen molar-refractivity contribution in [2.75, 3.05) is 20.3 Å². The first-order valence-corrected chi connectivity index (χ1v) is 6.72. The van der Waals surface area contributed by atoms with E-state index in [9.17, 15) is 4.79 Å². The minimum absolute atomic E-state index is 0.0432. The monoisotopic (exact) mass is 264 g/mol.